The number of halogens is 1. The first-order valence-electron chi connectivity index (χ1n) is 10.6. The van der Waals surface area contributed by atoms with Crippen LogP contribution in [-0.2, 0) is 14.3 Å². The Morgan fingerprint density at radius 1 is 0.943 bits per heavy atom. The van der Waals surface area contributed by atoms with Crippen molar-refractivity contribution in [3.8, 4) is 11.5 Å². The lowest BCUT2D eigenvalue weighted by molar-refractivity contribution is -0.143. The van der Waals surface area contributed by atoms with E-state index >= 15 is 0 Å². The van der Waals surface area contributed by atoms with Gasteiger partial charge in [0.25, 0.3) is 11.8 Å². The number of rotatable bonds is 7. The van der Waals surface area contributed by atoms with E-state index in [1.807, 2.05) is 0 Å². The van der Waals surface area contributed by atoms with E-state index in [4.69, 9.17) is 25.8 Å². The third kappa shape index (κ3) is 6.18. The van der Waals surface area contributed by atoms with E-state index in [1.165, 1.54) is 0 Å². The number of hydrogen-bond donors (Lipinski definition) is 2. The number of benzene rings is 3. The Morgan fingerprint density at radius 3 is 2.34 bits per heavy atom. The number of ether oxygens (including phenoxy) is 3. The van der Waals surface area contributed by atoms with Crippen molar-refractivity contribution in [2.45, 2.75) is 0 Å². The highest BCUT2D eigenvalue weighted by Crippen LogP contribution is 2.29. The molecule has 0 aromatic heterocycles. The van der Waals surface area contributed by atoms with E-state index in [0.29, 0.717) is 39.0 Å². The van der Waals surface area contributed by atoms with Crippen LogP contribution < -0.4 is 20.1 Å². The number of carbonyl (C=O) groups is 3. The minimum Gasteiger partial charge on any atom is -0.497 e. The molecule has 0 fully saturated rings. The van der Waals surface area contributed by atoms with Crippen molar-refractivity contribution in [2.75, 3.05) is 31.0 Å². The lowest BCUT2D eigenvalue weighted by atomic mass is 10.1. The average Bonchev–Trinajstić information content (AvgIpc) is 2.87. The molecule has 0 saturated heterocycles. The summed E-state index contributed by atoms with van der Waals surface area (Å²) in [4.78, 5) is 36.9. The second kappa shape index (κ2) is 10.8. The highest BCUT2D eigenvalue weighted by Gasteiger charge is 2.19. The van der Waals surface area contributed by atoms with Crippen molar-refractivity contribution in [1.29, 1.82) is 0 Å². The molecule has 0 saturated carbocycles. The Hall–Kier alpha value is -4.30. The largest absolute Gasteiger partial charge is 0.497 e. The number of methoxy groups -OCH3 is 1. The summed E-state index contributed by atoms with van der Waals surface area (Å²) in [6.07, 6.45) is 1.63. The van der Waals surface area contributed by atoms with Gasteiger partial charge >= 0.3 is 5.97 Å². The predicted octanol–water partition coefficient (Wildman–Crippen LogP) is 4.56. The number of amides is 2. The molecule has 0 aliphatic carbocycles. The Morgan fingerprint density at radius 2 is 1.63 bits per heavy atom. The van der Waals surface area contributed by atoms with Crippen LogP contribution in [0.3, 0.4) is 0 Å². The zero-order valence-electron chi connectivity index (χ0n) is 18.7. The third-order valence-corrected chi connectivity index (χ3v) is 5.30. The molecular formula is C26H21ClN2O6. The van der Waals surface area contributed by atoms with Crippen LogP contribution in [0, 0.1) is 0 Å². The van der Waals surface area contributed by atoms with E-state index in [-0.39, 0.29) is 18.1 Å². The van der Waals surface area contributed by atoms with Gasteiger partial charge in [-0.1, -0.05) is 11.6 Å². The van der Waals surface area contributed by atoms with Crippen molar-refractivity contribution in [1.82, 2.24) is 0 Å². The van der Waals surface area contributed by atoms with E-state index in [0.717, 1.165) is 0 Å². The van der Waals surface area contributed by atoms with Gasteiger partial charge in [0.05, 0.1) is 12.7 Å². The fourth-order valence-electron chi connectivity index (χ4n) is 3.27. The van der Waals surface area contributed by atoms with Gasteiger partial charge in [-0.2, -0.15) is 0 Å². The maximum Gasteiger partial charge on any atom is 0.338 e. The molecule has 0 spiro atoms. The summed E-state index contributed by atoms with van der Waals surface area (Å²) in [6, 6.07) is 18.4. The van der Waals surface area contributed by atoms with Crippen LogP contribution in [-0.4, -0.2) is 38.1 Å². The number of carbonyl (C=O) groups excluding carboxylic acids is 3. The lowest BCUT2D eigenvalue weighted by Gasteiger charge is -2.17. The molecule has 35 heavy (non-hydrogen) atoms. The Kier molecular flexibility index (Phi) is 7.32. The molecular weight excluding hydrogens is 472 g/mol. The van der Waals surface area contributed by atoms with Crippen molar-refractivity contribution in [3.05, 3.63) is 88.5 Å². The van der Waals surface area contributed by atoms with Crippen LogP contribution in [0.15, 0.2) is 72.3 Å². The van der Waals surface area contributed by atoms with Crippen LogP contribution in [0.1, 0.15) is 15.9 Å². The molecule has 9 heteroatoms. The maximum absolute atomic E-state index is 12.4. The number of hydrogen-bond acceptors (Lipinski definition) is 6. The van der Waals surface area contributed by atoms with Gasteiger partial charge in [-0.15, -0.1) is 0 Å². The third-order valence-electron chi connectivity index (χ3n) is 5.06. The molecule has 2 amide bonds. The molecule has 178 valence electrons. The fraction of sp³-hybridized carbons (Fsp3) is 0.115. The van der Waals surface area contributed by atoms with Gasteiger partial charge in [-0.05, 0) is 72.8 Å². The minimum atomic E-state index is -0.656. The maximum atomic E-state index is 12.4. The number of fused-ring (bicyclic) bond motifs is 1. The van der Waals surface area contributed by atoms with Crippen LogP contribution in [0.4, 0.5) is 11.4 Å². The van der Waals surface area contributed by atoms with Crippen LogP contribution in [0.5, 0.6) is 11.5 Å². The zero-order chi connectivity index (χ0) is 24.8. The summed E-state index contributed by atoms with van der Waals surface area (Å²) in [5.41, 5.74) is 2.43. The van der Waals surface area contributed by atoms with Crippen molar-refractivity contribution in [3.63, 3.8) is 0 Å². The quantitative estimate of drug-likeness (QED) is 0.469. The lowest BCUT2D eigenvalue weighted by Crippen LogP contribution is -2.24. The molecule has 1 aliphatic heterocycles. The van der Waals surface area contributed by atoms with Gasteiger partial charge in [0.2, 0.25) is 0 Å². The van der Waals surface area contributed by atoms with Gasteiger partial charge in [-0.25, -0.2) is 4.79 Å². The second-order valence-electron chi connectivity index (χ2n) is 7.52. The highest BCUT2D eigenvalue weighted by molar-refractivity contribution is 6.30. The smallest absolute Gasteiger partial charge is 0.338 e. The van der Waals surface area contributed by atoms with Gasteiger partial charge in [0, 0.05) is 27.5 Å². The molecule has 4 rings (SSSR count). The zero-order valence-corrected chi connectivity index (χ0v) is 19.4. The highest BCUT2D eigenvalue weighted by atomic mass is 35.5. The van der Waals surface area contributed by atoms with Gasteiger partial charge in [0.15, 0.2) is 6.61 Å². The first kappa shape index (κ1) is 23.8. The van der Waals surface area contributed by atoms with E-state index in [1.54, 1.807) is 79.9 Å². The Balaban J connectivity index is 1.27. The summed E-state index contributed by atoms with van der Waals surface area (Å²) in [5.74, 6) is -0.170. The van der Waals surface area contributed by atoms with E-state index in [2.05, 4.69) is 10.6 Å². The Bertz CT molecular complexity index is 1290. The predicted molar refractivity (Wildman–Crippen MR) is 132 cm³/mol. The molecule has 0 unspecified atom stereocenters. The van der Waals surface area contributed by atoms with E-state index in [9.17, 15) is 14.4 Å². The summed E-state index contributed by atoms with van der Waals surface area (Å²) < 4.78 is 15.7. The fourth-order valence-corrected chi connectivity index (χ4v) is 3.45. The molecule has 3 aromatic rings. The molecule has 1 heterocycles. The van der Waals surface area contributed by atoms with Gasteiger partial charge in [0.1, 0.15) is 18.1 Å². The monoisotopic (exact) mass is 492 g/mol. The summed E-state index contributed by atoms with van der Waals surface area (Å²) >= 11 is 5.98. The number of anilines is 2. The standard InChI is InChI=1S/C26H21ClN2O6/c1-33-22-9-7-21(8-10-22)29-25(31)16-2-5-20(6-3-16)28-24(30)15-35-26(32)18-12-17-13-19(27)4-11-23(17)34-14-18/h2-13H,14-15H2,1H3,(H,28,30)(H,29,31). The topological polar surface area (TPSA) is 103 Å². The first-order valence-corrected chi connectivity index (χ1v) is 10.9. The Labute approximate surface area is 206 Å². The van der Waals surface area contributed by atoms with Crippen LogP contribution in [0.25, 0.3) is 6.08 Å². The first-order chi connectivity index (χ1) is 16.9. The molecule has 0 bridgehead atoms. The van der Waals surface area contributed by atoms with Crippen molar-refractivity contribution < 1.29 is 28.6 Å². The molecule has 0 atom stereocenters. The summed E-state index contributed by atoms with van der Waals surface area (Å²) in [5, 5.41) is 5.92. The molecule has 2 N–H and O–H groups in total. The second-order valence-corrected chi connectivity index (χ2v) is 7.96. The van der Waals surface area contributed by atoms with Gasteiger partial charge in [-0.3, -0.25) is 9.59 Å². The normalized spacial score (nSPS) is 11.9. The van der Waals surface area contributed by atoms with Crippen molar-refractivity contribution >= 4 is 46.8 Å². The molecule has 3 aromatic carbocycles. The SMILES string of the molecule is COc1ccc(NC(=O)c2ccc(NC(=O)COC(=O)C3=Cc4cc(Cl)ccc4OC3)cc2)cc1. The van der Waals surface area contributed by atoms with Crippen molar-refractivity contribution in [2.24, 2.45) is 0 Å². The molecule has 0 radical (unpaired) electrons. The average molecular weight is 493 g/mol. The number of esters is 1. The van der Waals surface area contributed by atoms with E-state index < -0.39 is 18.5 Å². The van der Waals surface area contributed by atoms with Crippen LogP contribution in [0.2, 0.25) is 5.02 Å². The summed E-state index contributed by atoms with van der Waals surface area (Å²) in [6.45, 7) is -0.437. The summed E-state index contributed by atoms with van der Waals surface area (Å²) in [7, 11) is 1.57. The molecule has 1 aliphatic rings. The number of nitrogens with one attached hydrogen (secondary N) is 2. The minimum absolute atomic E-state index is 0.0368. The van der Waals surface area contributed by atoms with Crippen LogP contribution >= 0.6 is 11.6 Å². The molecule has 8 nitrogen and oxygen atoms in total. The van der Waals surface area contributed by atoms with Gasteiger partial charge < -0.3 is 24.8 Å².